The predicted molar refractivity (Wildman–Crippen MR) is 119 cm³/mol. The van der Waals surface area contributed by atoms with Crippen LogP contribution in [0.25, 0.3) is 6.08 Å². The molecule has 0 N–H and O–H groups in total. The Morgan fingerprint density at radius 1 is 1.29 bits per heavy atom. The highest BCUT2D eigenvalue weighted by Crippen LogP contribution is 2.39. The lowest BCUT2D eigenvalue weighted by Crippen LogP contribution is -2.27. The Morgan fingerprint density at radius 2 is 2.07 bits per heavy atom. The molecule has 1 heterocycles. The van der Waals surface area contributed by atoms with E-state index in [2.05, 4.69) is 6.07 Å². The lowest BCUT2D eigenvalue weighted by Gasteiger charge is -2.14. The second-order valence-corrected chi connectivity index (χ2v) is 8.32. The number of halogens is 1. The zero-order valence-electron chi connectivity index (χ0n) is 15.8. The minimum atomic E-state index is -0.0904. The number of rotatable bonds is 6. The Morgan fingerprint density at radius 3 is 2.71 bits per heavy atom. The Balaban J connectivity index is 1.85. The first kappa shape index (κ1) is 20.7. The molecule has 0 bridgehead atoms. The van der Waals surface area contributed by atoms with E-state index in [-0.39, 0.29) is 5.91 Å². The van der Waals surface area contributed by atoms with E-state index in [0.29, 0.717) is 38.9 Å². The summed E-state index contributed by atoms with van der Waals surface area (Å²) in [5, 5.41) is 0.421. The first-order chi connectivity index (χ1) is 13.4. The topological polar surface area (TPSA) is 38.8 Å². The summed E-state index contributed by atoms with van der Waals surface area (Å²) in [6.45, 7) is 4.87. The Hall–Kier alpha value is -2.02. The summed E-state index contributed by atoms with van der Waals surface area (Å²) in [6.07, 6.45) is 1.77. The molecule has 4 nitrogen and oxygen atoms in total. The van der Waals surface area contributed by atoms with E-state index in [1.54, 1.807) is 30.2 Å². The van der Waals surface area contributed by atoms with Gasteiger partial charge in [-0.15, -0.1) is 0 Å². The second-order valence-electron chi connectivity index (χ2n) is 6.24. The van der Waals surface area contributed by atoms with Crippen LogP contribution in [0.5, 0.6) is 11.5 Å². The standard InChI is InChI=1S/C21H20ClNO3S2/c1-4-23-20(24)18(28-21(23)27)11-15-9-16(22)19(17(10-15)25-3)26-12-14-7-5-6-13(2)8-14/h5-11H,4,12H2,1-3H3. The third-order valence-corrected chi connectivity index (χ3v) is 5.86. The summed E-state index contributed by atoms with van der Waals surface area (Å²) in [4.78, 5) is 14.5. The maximum Gasteiger partial charge on any atom is 0.266 e. The molecule has 2 aromatic carbocycles. The van der Waals surface area contributed by atoms with Gasteiger partial charge >= 0.3 is 0 Å². The number of thiocarbonyl (C=S) groups is 1. The summed E-state index contributed by atoms with van der Waals surface area (Å²) in [5.41, 5.74) is 2.96. The lowest BCUT2D eigenvalue weighted by molar-refractivity contribution is -0.121. The fourth-order valence-corrected chi connectivity index (χ4v) is 4.50. The number of nitrogens with zero attached hydrogens (tertiary/aromatic N) is 1. The molecule has 1 aliphatic rings. The Bertz CT molecular complexity index is 959. The van der Waals surface area contributed by atoms with Crippen LogP contribution in [0.1, 0.15) is 23.6 Å². The molecule has 146 valence electrons. The summed E-state index contributed by atoms with van der Waals surface area (Å²) in [5.74, 6) is 0.897. The monoisotopic (exact) mass is 433 g/mol. The van der Waals surface area contributed by atoms with Crippen molar-refractivity contribution >= 4 is 51.9 Å². The third-order valence-electron chi connectivity index (χ3n) is 4.21. The molecular formula is C21H20ClNO3S2. The highest BCUT2D eigenvalue weighted by Gasteiger charge is 2.30. The lowest BCUT2D eigenvalue weighted by atomic mass is 10.1. The van der Waals surface area contributed by atoms with Gasteiger partial charge < -0.3 is 9.47 Å². The molecule has 0 saturated carbocycles. The van der Waals surface area contributed by atoms with Crippen molar-refractivity contribution in [2.75, 3.05) is 13.7 Å². The molecular weight excluding hydrogens is 414 g/mol. The third kappa shape index (κ3) is 4.51. The Labute approximate surface area is 179 Å². The van der Waals surface area contributed by atoms with Gasteiger partial charge in [-0.1, -0.05) is 65.4 Å². The zero-order chi connectivity index (χ0) is 20.3. The summed E-state index contributed by atoms with van der Waals surface area (Å²) in [7, 11) is 1.56. The molecule has 1 fully saturated rings. The van der Waals surface area contributed by atoms with Crippen LogP contribution in [0.2, 0.25) is 5.02 Å². The van der Waals surface area contributed by atoms with E-state index in [1.807, 2.05) is 32.0 Å². The van der Waals surface area contributed by atoms with Crippen molar-refractivity contribution in [1.29, 1.82) is 0 Å². The van der Waals surface area contributed by atoms with Gasteiger partial charge in [0.1, 0.15) is 10.9 Å². The average Bonchev–Trinajstić information content (AvgIpc) is 2.93. The minimum absolute atomic E-state index is 0.0904. The number of likely N-dealkylation sites (N-methyl/N-ethyl adjacent to an activating group) is 1. The van der Waals surface area contributed by atoms with Crippen molar-refractivity contribution < 1.29 is 14.3 Å². The maximum absolute atomic E-state index is 12.4. The molecule has 7 heteroatoms. The molecule has 2 aromatic rings. The van der Waals surface area contributed by atoms with Crippen LogP contribution < -0.4 is 9.47 Å². The highest BCUT2D eigenvalue weighted by molar-refractivity contribution is 8.26. The molecule has 1 saturated heterocycles. The number of thioether (sulfide) groups is 1. The van der Waals surface area contributed by atoms with Crippen LogP contribution in [0, 0.1) is 6.92 Å². The molecule has 1 aliphatic heterocycles. The number of methoxy groups -OCH3 is 1. The molecule has 0 spiro atoms. The maximum atomic E-state index is 12.4. The number of hydrogen-bond acceptors (Lipinski definition) is 5. The fraction of sp³-hybridized carbons (Fsp3) is 0.238. The number of ether oxygens (including phenoxy) is 2. The first-order valence-electron chi connectivity index (χ1n) is 8.74. The van der Waals surface area contributed by atoms with Gasteiger partial charge in [-0.25, -0.2) is 0 Å². The van der Waals surface area contributed by atoms with Crippen molar-refractivity contribution in [2.45, 2.75) is 20.5 Å². The number of carbonyl (C=O) groups excluding carboxylic acids is 1. The van der Waals surface area contributed by atoms with Crippen LogP contribution >= 0.6 is 35.6 Å². The van der Waals surface area contributed by atoms with Crippen molar-refractivity contribution in [3.63, 3.8) is 0 Å². The van der Waals surface area contributed by atoms with Crippen molar-refractivity contribution in [1.82, 2.24) is 4.90 Å². The summed E-state index contributed by atoms with van der Waals surface area (Å²) < 4.78 is 12.0. The number of carbonyl (C=O) groups is 1. The van der Waals surface area contributed by atoms with Crippen molar-refractivity contribution in [3.05, 3.63) is 63.0 Å². The molecule has 3 rings (SSSR count). The summed E-state index contributed by atoms with van der Waals surface area (Å²) in [6, 6.07) is 11.6. The van der Waals surface area contributed by atoms with Gasteiger partial charge in [0.15, 0.2) is 11.5 Å². The van der Waals surface area contributed by atoms with Crippen LogP contribution in [-0.2, 0) is 11.4 Å². The van der Waals surface area contributed by atoms with E-state index in [0.717, 1.165) is 11.1 Å². The van der Waals surface area contributed by atoms with Gasteiger partial charge in [0.2, 0.25) is 0 Å². The smallest absolute Gasteiger partial charge is 0.266 e. The van der Waals surface area contributed by atoms with E-state index in [9.17, 15) is 4.79 Å². The molecule has 0 atom stereocenters. The highest BCUT2D eigenvalue weighted by atomic mass is 35.5. The summed E-state index contributed by atoms with van der Waals surface area (Å²) >= 11 is 13.0. The first-order valence-corrected chi connectivity index (χ1v) is 10.3. The van der Waals surface area contributed by atoms with E-state index >= 15 is 0 Å². The molecule has 0 aromatic heterocycles. The van der Waals surface area contributed by atoms with E-state index in [1.165, 1.54) is 17.3 Å². The van der Waals surface area contributed by atoms with Gasteiger partial charge in [0, 0.05) is 6.54 Å². The number of benzene rings is 2. The average molecular weight is 434 g/mol. The normalized spacial score (nSPS) is 15.4. The van der Waals surface area contributed by atoms with Gasteiger partial charge in [-0.3, -0.25) is 9.69 Å². The van der Waals surface area contributed by atoms with Crippen molar-refractivity contribution in [2.24, 2.45) is 0 Å². The van der Waals surface area contributed by atoms with E-state index in [4.69, 9.17) is 33.3 Å². The largest absolute Gasteiger partial charge is 0.493 e. The van der Waals surface area contributed by atoms with Gasteiger partial charge in [0.05, 0.1) is 17.0 Å². The molecule has 0 unspecified atom stereocenters. The quantitative estimate of drug-likeness (QED) is 0.447. The SMILES string of the molecule is CCN1C(=O)C(=Cc2cc(Cl)c(OCc3cccc(C)c3)c(OC)c2)SC1=S. The van der Waals surface area contributed by atoms with Crippen LogP contribution in [0.3, 0.4) is 0 Å². The Kier molecular flexibility index (Phi) is 6.65. The van der Waals surface area contributed by atoms with Gasteiger partial charge in [-0.2, -0.15) is 0 Å². The predicted octanol–water partition coefficient (Wildman–Crippen LogP) is 5.46. The van der Waals surface area contributed by atoms with Gasteiger partial charge in [0.25, 0.3) is 5.91 Å². The molecule has 0 radical (unpaired) electrons. The second kappa shape index (κ2) is 8.99. The van der Waals surface area contributed by atoms with Crippen molar-refractivity contribution in [3.8, 4) is 11.5 Å². The van der Waals surface area contributed by atoms with Crippen LogP contribution in [-0.4, -0.2) is 28.8 Å². The van der Waals surface area contributed by atoms with Crippen LogP contribution in [0.15, 0.2) is 41.3 Å². The fourth-order valence-electron chi connectivity index (χ4n) is 2.84. The van der Waals surface area contributed by atoms with E-state index < -0.39 is 0 Å². The minimum Gasteiger partial charge on any atom is -0.493 e. The van der Waals surface area contributed by atoms with Crippen LogP contribution in [0.4, 0.5) is 0 Å². The molecule has 28 heavy (non-hydrogen) atoms. The van der Waals surface area contributed by atoms with Gasteiger partial charge in [-0.05, 0) is 43.2 Å². The molecule has 1 amide bonds. The number of aryl methyl sites for hydroxylation is 1. The number of amides is 1. The zero-order valence-corrected chi connectivity index (χ0v) is 18.2. The molecule has 0 aliphatic carbocycles. The number of hydrogen-bond donors (Lipinski definition) is 0.